The molecule has 0 N–H and O–H groups in total. The highest BCUT2D eigenvalue weighted by Crippen LogP contribution is 2.24. The highest BCUT2D eigenvalue weighted by atomic mass is 127. The minimum atomic E-state index is -0.646. The van der Waals surface area contributed by atoms with Crippen LogP contribution < -0.4 is 0 Å². The standard InChI is InChI=1S/C16H12INO3/c1-2-20-16(19)12(10-18)9-14-7-8-15(21-14)11-3-5-13(17)6-4-11/h3-9H,2H2,1H3/b12-9+. The summed E-state index contributed by atoms with van der Waals surface area (Å²) in [6.45, 7) is 1.92. The zero-order valence-corrected chi connectivity index (χ0v) is 13.5. The van der Waals surface area contributed by atoms with Crippen molar-refractivity contribution < 1.29 is 13.9 Å². The van der Waals surface area contributed by atoms with Crippen LogP contribution in [0.15, 0.2) is 46.4 Å². The smallest absolute Gasteiger partial charge is 0.349 e. The molecule has 0 fully saturated rings. The summed E-state index contributed by atoms with van der Waals surface area (Å²) in [6, 6.07) is 13.2. The molecule has 0 spiro atoms. The van der Waals surface area contributed by atoms with Gasteiger partial charge in [0, 0.05) is 15.2 Å². The van der Waals surface area contributed by atoms with Crippen LogP contribution in [0.25, 0.3) is 17.4 Å². The third-order valence-corrected chi connectivity index (χ3v) is 3.38. The molecule has 2 aromatic rings. The Morgan fingerprint density at radius 2 is 2.05 bits per heavy atom. The molecule has 0 aliphatic rings. The second-order valence-corrected chi connectivity index (χ2v) is 5.34. The van der Waals surface area contributed by atoms with E-state index in [4.69, 9.17) is 14.4 Å². The van der Waals surface area contributed by atoms with Crippen molar-refractivity contribution in [3.63, 3.8) is 0 Å². The lowest BCUT2D eigenvalue weighted by atomic mass is 10.2. The molecule has 21 heavy (non-hydrogen) atoms. The van der Waals surface area contributed by atoms with Crippen molar-refractivity contribution in [1.82, 2.24) is 0 Å². The van der Waals surface area contributed by atoms with Crippen LogP contribution in [0.5, 0.6) is 0 Å². The Kier molecular flexibility index (Phi) is 5.17. The number of carbonyl (C=O) groups excluding carboxylic acids is 1. The van der Waals surface area contributed by atoms with E-state index >= 15 is 0 Å². The first kappa shape index (κ1) is 15.3. The summed E-state index contributed by atoms with van der Waals surface area (Å²) in [7, 11) is 0. The van der Waals surface area contributed by atoms with E-state index in [0.29, 0.717) is 11.5 Å². The van der Waals surface area contributed by atoms with Crippen LogP contribution in [0.1, 0.15) is 12.7 Å². The van der Waals surface area contributed by atoms with Gasteiger partial charge in [0.2, 0.25) is 0 Å². The summed E-state index contributed by atoms with van der Waals surface area (Å²) in [5, 5.41) is 8.98. The first-order valence-corrected chi connectivity index (χ1v) is 7.36. The summed E-state index contributed by atoms with van der Waals surface area (Å²) in [5.74, 6) is 0.471. The molecule has 0 saturated carbocycles. The predicted molar refractivity (Wildman–Crippen MR) is 87.1 cm³/mol. The predicted octanol–water partition coefficient (Wildman–Crippen LogP) is 4.02. The Bertz CT molecular complexity index is 708. The van der Waals surface area contributed by atoms with Gasteiger partial charge in [-0.2, -0.15) is 5.26 Å². The first-order chi connectivity index (χ1) is 10.1. The van der Waals surface area contributed by atoms with Crippen LogP contribution in [0.4, 0.5) is 0 Å². The average Bonchev–Trinajstić information content (AvgIpc) is 2.94. The van der Waals surface area contributed by atoms with E-state index in [2.05, 4.69) is 22.6 Å². The number of benzene rings is 1. The van der Waals surface area contributed by atoms with Gasteiger partial charge in [-0.1, -0.05) is 12.1 Å². The van der Waals surface area contributed by atoms with E-state index < -0.39 is 5.97 Å². The number of esters is 1. The molecule has 0 radical (unpaired) electrons. The van der Waals surface area contributed by atoms with E-state index in [0.717, 1.165) is 9.13 Å². The molecule has 0 saturated heterocycles. The maximum Gasteiger partial charge on any atom is 0.349 e. The fraction of sp³-hybridized carbons (Fsp3) is 0.125. The fourth-order valence-electron chi connectivity index (χ4n) is 1.69. The summed E-state index contributed by atoms with van der Waals surface area (Å²) in [5.41, 5.74) is 0.852. The van der Waals surface area contributed by atoms with E-state index in [1.165, 1.54) is 6.08 Å². The van der Waals surface area contributed by atoms with Crippen molar-refractivity contribution >= 4 is 34.6 Å². The summed E-state index contributed by atoms with van der Waals surface area (Å²) in [4.78, 5) is 11.5. The second-order valence-electron chi connectivity index (χ2n) is 4.10. The van der Waals surface area contributed by atoms with E-state index in [9.17, 15) is 4.79 Å². The van der Waals surface area contributed by atoms with Gasteiger partial charge >= 0.3 is 5.97 Å². The Hall–Kier alpha value is -2.07. The lowest BCUT2D eigenvalue weighted by Crippen LogP contribution is -2.05. The summed E-state index contributed by atoms with van der Waals surface area (Å²) >= 11 is 2.23. The van der Waals surface area contributed by atoms with Crippen molar-refractivity contribution in [3.05, 3.63) is 51.3 Å². The molecule has 0 aliphatic carbocycles. The number of rotatable bonds is 4. The Balaban J connectivity index is 2.25. The van der Waals surface area contributed by atoms with E-state index in [1.807, 2.05) is 30.3 Å². The average molecular weight is 393 g/mol. The monoisotopic (exact) mass is 393 g/mol. The first-order valence-electron chi connectivity index (χ1n) is 6.28. The topological polar surface area (TPSA) is 63.2 Å². The number of ether oxygens (including phenoxy) is 1. The number of hydrogen-bond donors (Lipinski definition) is 0. The molecule has 0 atom stereocenters. The fourth-order valence-corrected chi connectivity index (χ4v) is 2.05. The van der Waals surface area contributed by atoms with E-state index in [-0.39, 0.29) is 12.2 Å². The van der Waals surface area contributed by atoms with Crippen LogP contribution in [0.3, 0.4) is 0 Å². The molecular weight excluding hydrogens is 381 g/mol. The Morgan fingerprint density at radius 1 is 1.33 bits per heavy atom. The van der Waals surface area contributed by atoms with Gasteiger partial charge in [0.1, 0.15) is 23.2 Å². The molecule has 4 nitrogen and oxygen atoms in total. The largest absolute Gasteiger partial charge is 0.462 e. The normalized spacial score (nSPS) is 11.0. The van der Waals surface area contributed by atoms with Gasteiger partial charge in [-0.15, -0.1) is 0 Å². The number of furan rings is 1. The molecule has 0 amide bonds. The van der Waals surface area contributed by atoms with Crippen LogP contribution in [0, 0.1) is 14.9 Å². The molecule has 0 aliphatic heterocycles. The molecule has 5 heteroatoms. The number of halogens is 1. The van der Waals surface area contributed by atoms with Crippen LogP contribution in [-0.4, -0.2) is 12.6 Å². The molecule has 1 aromatic heterocycles. The molecule has 0 bridgehead atoms. The van der Waals surface area contributed by atoms with Gasteiger partial charge in [-0.25, -0.2) is 4.79 Å². The third-order valence-electron chi connectivity index (χ3n) is 2.66. The van der Waals surface area contributed by atoms with Crippen LogP contribution >= 0.6 is 22.6 Å². The highest BCUT2D eigenvalue weighted by Gasteiger charge is 2.11. The van der Waals surface area contributed by atoms with Gasteiger partial charge in [0.05, 0.1) is 6.61 Å². The zero-order chi connectivity index (χ0) is 15.2. The van der Waals surface area contributed by atoms with Crippen molar-refractivity contribution in [1.29, 1.82) is 5.26 Å². The minimum Gasteiger partial charge on any atom is -0.462 e. The van der Waals surface area contributed by atoms with Gasteiger partial charge in [-0.3, -0.25) is 0 Å². The van der Waals surface area contributed by atoms with Gasteiger partial charge < -0.3 is 9.15 Å². The maximum absolute atomic E-state index is 11.5. The van der Waals surface area contributed by atoms with Crippen molar-refractivity contribution in [2.75, 3.05) is 6.61 Å². The molecular formula is C16H12INO3. The third kappa shape index (κ3) is 3.95. The van der Waals surface area contributed by atoms with E-state index in [1.54, 1.807) is 19.1 Å². The summed E-state index contributed by atoms with van der Waals surface area (Å²) < 4.78 is 11.6. The highest BCUT2D eigenvalue weighted by molar-refractivity contribution is 14.1. The lowest BCUT2D eigenvalue weighted by molar-refractivity contribution is -0.137. The zero-order valence-electron chi connectivity index (χ0n) is 11.3. The quantitative estimate of drug-likeness (QED) is 0.341. The van der Waals surface area contributed by atoms with Crippen LogP contribution in [0.2, 0.25) is 0 Å². The lowest BCUT2D eigenvalue weighted by Gasteiger charge is -1.98. The molecule has 106 valence electrons. The molecule has 1 aromatic carbocycles. The maximum atomic E-state index is 11.5. The Labute approximate surface area is 136 Å². The van der Waals surface area contributed by atoms with Crippen molar-refractivity contribution in [3.8, 4) is 17.4 Å². The number of nitrogens with zero attached hydrogens (tertiary/aromatic N) is 1. The number of nitriles is 1. The second kappa shape index (κ2) is 7.09. The minimum absolute atomic E-state index is 0.0830. The number of hydrogen-bond acceptors (Lipinski definition) is 4. The van der Waals surface area contributed by atoms with Gasteiger partial charge in [0.25, 0.3) is 0 Å². The molecule has 2 rings (SSSR count). The number of carbonyl (C=O) groups is 1. The van der Waals surface area contributed by atoms with Gasteiger partial charge in [0.15, 0.2) is 0 Å². The molecule has 0 unspecified atom stereocenters. The van der Waals surface area contributed by atoms with Crippen molar-refractivity contribution in [2.45, 2.75) is 6.92 Å². The van der Waals surface area contributed by atoms with Gasteiger partial charge in [-0.05, 0) is 53.8 Å². The Morgan fingerprint density at radius 3 is 2.67 bits per heavy atom. The van der Waals surface area contributed by atoms with Crippen LogP contribution in [-0.2, 0) is 9.53 Å². The molecule has 1 heterocycles. The SMILES string of the molecule is CCOC(=O)/C(C#N)=C/c1ccc(-c2ccc(I)cc2)o1. The van der Waals surface area contributed by atoms with Crippen molar-refractivity contribution in [2.24, 2.45) is 0 Å². The summed E-state index contributed by atoms with van der Waals surface area (Å²) in [6.07, 6.45) is 1.38.